The molecule has 0 amide bonds. The van der Waals surface area contributed by atoms with E-state index < -0.39 is 17.8 Å². The van der Waals surface area contributed by atoms with Crippen LogP contribution in [0.15, 0.2) is 73.4 Å². The first-order valence-corrected chi connectivity index (χ1v) is 11.5. The van der Waals surface area contributed by atoms with Gasteiger partial charge < -0.3 is 26.6 Å². The quantitative estimate of drug-likeness (QED) is 0.405. The Balaban J connectivity index is 0.00000274. The molecular weight excluding hydrogens is 505 g/mol. The summed E-state index contributed by atoms with van der Waals surface area (Å²) < 4.78 is 39.8. The number of fused-ring (bicyclic) bond motifs is 4. The molecule has 3 aliphatic heterocycles. The van der Waals surface area contributed by atoms with E-state index in [1.807, 2.05) is 36.4 Å². The third-order valence-electron chi connectivity index (χ3n) is 7.82. The smallest absolute Gasteiger partial charge is 0.416 e. The molecule has 5 atom stereocenters. The summed E-state index contributed by atoms with van der Waals surface area (Å²) in [7, 11) is 0. The number of hydrogen-bond donors (Lipinski definition) is 1. The molecule has 0 aliphatic carbocycles. The molecule has 34 heavy (non-hydrogen) atoms. The number of quaternary nitrogens is 1. The molecule has 3 saturated heterocycles. The van der Waals surface area contributed by atoms with Gasteiger partial charge in [0.25, 0.3) is 0 Å². The summed E-state index contributed by atoms with van der Waals surface area (Å²) in [5.41, 5.74) is 1.96. The number of rotatable bonds is 5. The molecular formula is C27H28BrF3N2O. The van der Waals surface area contributed by atoms with E-state index in [0.717, 1.165) is 60.1 Å². The van der Waals surface area contributed by atoms with Crippen LogP contribution in [0.3, 0.4) is 0 Å². The summed E-state index contributed by atoms with van der Waals surface area (Å²) in [5, 5.41) is 12.6. The lowest BCUT2D eigenvalue weighted by atomic mass is 9.71. The first-order chi connectivity index (χ1) is 15.8. The summed E-state index contributed by atoms with van der Waals surface area (Å²) in [6.07, 6.45) is 0.648. The van der Waals surface area contributed by atoms with Crippen molar-refractivity contribution in [2.75, 3.05) is 13.1 Å². The van der Waals surface area contributed by atoms with Crippen LogP contribution in [0.25, 0.3) is 10.9 Å². The van der Waals surface area contributed by atoms with Crippen LogP contribution < -0.4 is 17.0 Å². The van der Waals surface area contributed by atoms with Gasteiger partial charge in [0, 0.05) is 35.9 Å². The van der Waals surface area contributed by atoms with Crippen LogP contribution in [0.5, 0.6) is 0 Å². The molecule has 1 aromatic heterocycles. The van der Waals surface area contributed by atoms with E-state index in [-0.39, 0.29) is 23.0 Å². The SMILES string of the molecule is C=C[C@H]1C[N+]2(Cc3ccc(C(F)(F)F)cc3)CC[C@@H]1C[C@@H]2[C@H](O)c1ccnc2ccccc12.[Br-]. The predicted molar refractivity (Wildman–Crippen MR) is 122 cm³/mol. The Hall–Kier alpha value is -2.22. The van der Waals surface area contributed by atoms with Crippen LogP contribution in [0, 0.1) is 11.8 Å². The lowest BCUT2D eigenvalue weighted by Gasteiger charge is -2.58. The predicted octanol–water partition coefficient (Wildman–Crippen LogP) is 2.90. The molecule has 1 unspecified atom stereocenters. The second-order valence-electron chi connectivity index (χ2n) is 9.59. The average Bonchev–Trinajstić information content (AvgIpc) is 2.83. The molecule has 3 fully saturated rings. The van der Waals surface area contributed by atoms with Crippen molar-refractivity contribution in [3.63, 3.8) is 0 Å². The molecule has 3 nitrogen and oxygen atoms in total. The van der Waals surface area contributed by atoms with Crippen LogP contribution in [0.2, 0.25) is 0 Å². The molecule has 1 N–H and O–H groups in total. The monoisotopic (exact) mass is 532 g/mol. The van der Waals surface area contributed by atoms with Crippen molar-refractivity contribution in [1.29, 1.82) is 0 Å². The zero-order valence-corrected chi connectivity index (χ0v) is 20.3. The molecule has 180 valence electrons. The van der Waals surface area contributed by atoms with Gasteiger partial charge in [-0.2, -0.15) is 13.2 Å². The summed E-state index contributed by atoms with van der Waals surface area (Å²) >= 11 is 0. The number of alkyl halides is 3. The maximum absolute atomic E-state index is 13.1. The van der Waals surface area contributed by atoms with E-state index in [0.29, 0.717) is 22.9 Å². The molecule has 3 aromatic rings. The van der Waals surface area contributed by atoms with Gasteiger partial charge in [-0.1, -0.05) is 36.4 Å². The molecule has 0 saturated carbocycles. The lowest BCUT2D eigenvalue weighted by Crippen LogP contribution is -3.00. The van der Waals surface area contributed by atoms with Crippen molar-refractivity contribution in [2.24, 2.45) is 11.8 Å². The van der Waals surface area contributed by atoms with E-state index in [4.69, 9.17) is 0 Å². The average molecular weight is 533 g/mol. The van der Waals surface area contributed by atoms with Gasteiger partial charge in [0.05, 0.1) is 24.2 Å². The number of pyridine rings is 1. The number of aliphatic hydroxyl groups excluding tert-OH is 1. The Morgan fingerprint density at radius 2 is 1.85 bits per heavy atom. The van der Waals surface area contributed by atoms with Gasteiger partial charge in [0.2, 0.25) is 0 Å². The van der Waals surface area contributed by atoms with Gasteiger partial charge in [-0.15, -0.1) is 6.58 Å². The third-order valence-corrected chi connectivity index (χ3v) is 7.82. The molecule has 0 spiro atoms. The van der Waals surface area contributed by atoms with E-state index in [1.54, 1.807) is 18.3 Å². The Morgan fingerprint density at radius 3 is 2.56 bits per heavy atom. The van der Waals surface area contributed by atoms with E-state index in [2.05, 4.69) is 11.6 Å². The molecule has 0 radical (unpaired) electrons. The largest absolute Gasteiger partial charge is 1.00 e. The number of benzene rings is 2. The minimum atomic E-state index is -4.34. The number of piperidine rings is 3. The van der Waals surface area contributed by atoms with Crippen LogP contribution >= 0.6 is 0 Å². The van der Waals surface area contributed by atoms with Gasteiger partial charge in [0.1, 0.15) is 18.7 Å². The minimum absolute atomic E-state index is 0. The fourth-order valence-corrected chi connectivity index (χ4v) is 6.13. The second kappa shape index (κ2) is 9.44. The Kier molecular flexibility index (Phi) is 6.91. The Labute approximate surface area is 208 Å². The number of halogens is 4. The third kappa shape index (κ3) is 4.41. The summed E-state index contributed by atoms with van der Waals surface area (Å²) in [5.74, 6) is 0.827. The number of nitrogens with zero attached hydrogens (tertiary/aromatic N) is 2. The number of aliphatic hydroxyl groups is 1. The van der Waals surface area contributed by atoms with Crippen LogP contribution in [0.4, 0.5) is 13.2 Å². The van der Waals surface area contributed by atoms with Gasteiger partial charge in [-0.05, 0) is 35.7 Å². The van der Waals surface area contributed by atoms with E-state index >= 15 is 0 Å². The summed E-state index contributed by atoms with van der Waals surface area (Å²) in [6.45, 7) is 6.39. The second-order valence-corrected chi connectivity index (χ2v) is 9.59. The van der Waals surface area contributed by atoms with E-state index in [1.165, 1.54) is 0 Å². The zero-order valence-electron chi connectivity index (χ0n) is 18.8. The molecule has 2 aromatic carbocycles. The fraction of sp³-hybridized carbons (Fsp3) is 0.370. The maximum atomic E-state index is 13.1. The lowest BCUT2D eigenvalue weighted by molar-refractivity contribution is -0.984. The first-order valence-electron chi connectivity index (χ1n) is 11.5. The molecule has 2 bridgehead atoms. The molecule has 3 aliphatic rings. The normalized spacial score (nSPS) is 27.2. The van der Waals surface area contributed by atoms with Crippen molar-refractivity contribution in [3.05, 3.63) is 90.1 Å². The van der Waals surface area contributed by atoms with Crippen LogP contribution in [0.1, 0.15) is 35.6 Å². The minimum Gasteiger partial charge on any atom is -1.00 e. The standard InChI is InChI=1S/C27H28F3N2O.BrH/c1-2-19-17-32(16-18-7-9-21(10-8-18)27(28,29)30)14-12-20(19)15-25(32)26(33)23-11-13-31-24-6-4-3-5-22(23)24;/h2-11,13,19-20,25-26,33H,1,12,14-17H2;1H/q+1;/p-1/t19-,20+,25+,26+,32?;/m0./s1. The van der Waals surface area contributed by atoms with Crippen molar-refractivity contribution < 1.29 is 39.7 Å². The maximum Gasteiger partial charge on any atom is 0.416 e. The summed E-state index contributed by atoms with van der Waals surface area (Å²) in [6, 6.07) is 15.2. The van der Waals surface area contributed by atoms with Crippen LogP contribution in [-0.4, -0.2) is 33.7 Å². The van der Waals surface area contributed by atoms with Gasteiger partial charge >= 0.3 is 6.18 Å². The number of para-hydroxylation sites is 1. The van der Waals surface area contributed by atoms with Crippen molar-refractivity contribution >= 4 is 10.9 Å². The number of hydrogen-bond acceptors (Lipinski definition) is 2. The van der Waals surface area contributed by atoms with E-state index in [9.17, 15) is 18.3 Å². The highest BCUT2D eigenvalue weighted by Gasteiger charge is 2.54. The first kappa shape index (κ1) is 24.9. The van der Waals surface area contributed by atoms with Crippen molar-refractivity contribution in [3.8, 4) is 0 Å². The topological polar surface area (TPSA) is 33.1 Å². The molecule has 4 heterocycles. The fourth-order valence-electron chi connectivity index (χ4n) is 6.13. The van der Waals surface area contributed by atoms with Gasteiger partial charge in [-0.3, -0.25) is 4.98 Å². The Bertz CT molecular complexity index is 1160. The highest BCUT2D eigenvalue weighted by atomic mass is 79.9. The van der Waals surface area contributed by atoms with Crippen LogP contribution in [-0.2, 0) is 12.7 Å². The Morgan fingerprint density at radius 1 is 1.12 bits per heavy atom. The zero-order chi connectivity index (χ0) is 23.2. The number of aromatic nitrogens is 1. The highest BCUT2D eigenvalue weighted by Crippen LogP contribution is 2.48. The van der Waals surface area contributed by atoms with Gasteiger partial charge in [0.15, 0.2) is 0 Å². The van der Waals surface area contributed by atoms with Gasteiger partial charge in [-0.25, -0.2) is 0 Å². The molecule has 6 rings (SSSR count). The highest BCUT2D eigenvalue weighted by molar-refractivity contribution is 5.82. The summed E-state index contributed by atoms with van der Waals surface area (Å²) in [4.78, 5) is 4.43. The molecule has 7 heteroatoms. The van der Waals surface area contributed by atoms with Crippen molar-refractivity contribution in [2.45, 2.75) is 37.7 Å². The van der Waals surface area contributed by atoms with Crippen molar-refractivity contribution in [1.82, 2.24) is 4.98 Å².